The third-order valence-corrected chi connectivity index (χ3v) is 5.53. The van der Waals surface area contributed by atoms with Gasteiger partial charge in [0.1, 0.15) is 11.3 Å². The molecule has 0 aromatic carbocycles. The van der Waals surface area contributed by atoms with Crippen LogP contribution in [-0.4, -0.2) is 25.0 Å². The average molecular weight is 258 g/mol. The van der Waals surface area contributed by atoms with E-state index < -0.39 is 22.2 Å². The van der Waals surface area contributed by atoms with Crippen molar-refractivity contribution in [2.75, 3.05) is 13.2 Å². The molecule has 2 N–H and O–H groups in total. The highest BCUT2D eigenvalue weighted by atomic mass is 16.8. The van der Waals surface area contributed by atoms with Crippen molar-refractivity contribution in [2.45, 2.75) is 31.6 Å². The third kappa shape index (κ3) is 0.745. The van der Waals surface area contributed by atoms with Gasteiger partial charge in [0.05, 0.1) is 25.4 Å². The van der Waals surface area contributed by atoms with Gasteiger partial charge in [-0.1, -0.05) is 12.8 Å². The number of aliphatic imine (C=N–C) groups is 1. The van der Waals surface area contributed by atoms with Crippen LogP contribution in [0.4, 0.5) is 0 Å². The lowest BCUT2D eigenvalue weighted by atomic mass is 9.88. The molecular weight excluding hydrogens is 244 g/mol. The Labute approximate surface area is 110 Å². The molecule has 0 amide bonds. The molecule has 3 fully saturated rings. The van der Waals surface area contributed by atoms with E-state index >= 15 is 0 Å². The van der Waals surface area contributed by atoms with Crippen molar-refractivity contribution in [3.8, 4) is 12.1 Å². The molecule has 19 heavy (non-hydrogen) atoms. The normalized spacial score (nSPS) is 43.8. The van der Waals surface area contributed by atoms with Crippen LogP contribution in [0.25, 0.3) is 0 Å². The molecule has 0 unspecified atom stereocenters. The fourth-order valence-electron chi connectivity index (χ4n) is 4.92. The first-order valence-corrected chi connectivity index (χ1v) is 6.63. The van der Waals surface area contributed by atoms with E-state index in [9.17, 15) is 10.5 Å². The van der Waals surface area contributed by atoms with Crippen LogP contribution in [0.15, 0.2) is 4.99 Å². The van der Waals surface area contributed by atoms with E-state index in [-0.39, 0.29) is 5.84 Å². The summed E-state index contributed by atoms with van der Waals surface area (Å²) < 4.78 is 11.3. The summed E-state index contributed by atoms with van der Waals surface area (Å²) in [6.07, 6.45) is 3.66. The molecule has 2 aliphatic carbocycles. The summed E-state index contributed by atoms with van der Waals surface area (Å²) in [6, 6.07) is 4.64. The summed E-state index contributed by atoms with van der Waals surface area (Å²) in [4.78, 5) is 4.26. The molecule has 2 atom stereocenters. The van der Waals surface area contributed by atoms with Gasteiger partial charge in [0.15, 0.2) is 5.41 Å². The Bertz CT molecular complexity index is 574. The molecule has 4 rings (SSSR count). The van der Waals surface area contributed by atoms with E-state index in [2.05, 4.69) is 17.1 Å². The number of rotatable bonds is 0. The summed E-state index contributed by atoms with van der Waals surface area (Å²) in [5.41, 5.74) is 3.55. The van der Waals surface area contributed by atoms with Crippen LogP contribution in [0.3, 0.4) is 0 Å². The van der Waals surface area contributed by atoms with Crippen LogP contribution >= 0.6 is 0 Å². The second-order valence-corrected chi connectivity index (χ2v) is 5.79. The maximum absolute atomic E-state index is 9.84. The molecule has 98 valence electrons. The second-order valence-electron chi connectivity index (χ2n) is 5.79. The maximum atomic E-state index is 9.84. The van der Waals surface area contributed by atoms with Crippen molar-refractivity contribution in [1.29, 1.82) is 10.5 Å². The zero-order chi connectivity index (χ0) is 13.4. The van der Waals surface area contributed by atoms with Gasteiger partial charge in [-0.2, -0.15) is 10.5 Å². The van der Waals surface area contributed by atoms with E-state index in [1.54, 1.807) is 0 Å². The van der Waals surface area contributed by atoms with Gasteiger partial charge in [0.25, 0.3) is 5.91 Å². The largest absolute Gasteiger partial charge is 0.386 e. The molecular formula is C13H14N4O2. The molecule has 2 heterocycles. The van der Waals surface area contributed by atoms with Gasteiger partial charge in [-0.05, 0) is 12.8 Å². The van der Waals surface area contributed by atoms with Crippen molar-refractivity contribution in [1.82, 2.24) is 0 Å². The summed E-state index contributed by atoms with van der Waals surface area (Å²) in [7, 11) is 0. The molecule has 0 aromatic rings. The Morgan fingerprint density at radius 2 is 1.74 bits per heavy atom. The summed E-state index contributed by atoms with van der Waals surface area (Å²) in [6.45, 7) is 0.773. The predicted molar refractivity (Wildman–Crippen MR) is 63.3 cm³/mol. The first kappa shape index (κ1) is 11.2. The van der Waals surface area contributed by atoms with Crippen molar-refractivity contribution < 1.29 is 9.47 Å². The molecule has 2 saturated carbocycles. The Kier molecular flexibility index (Phi) is 1.73. The molecule has 4 aliphatic rings. The van der Waals surface area contributed by atoms with Crippen molar-refractivity contribution in [3.05, 3.63) is 0 Å². The van der Waals surface area contributed by atoms with Gasteiger partial charge >= 0.3 is 0 Å². The number of ether oxygens (including phenoxy) is 2. The second kappa shape index (κ2) is 2.92. The number of amidine groups is 1. The topological polar surface area (TPSA) is 104 Å². The molecule has 6 heteroatoms. The van der Waals surface area contributed by atoms with Crippen LogP contribution in [0.1, 0.15) is 25.7 Å². The van der Waals surface area contributed by atoms with E-state index in [1.807, 2.05) is 0 Å². The number of nitrogens with zero attached hydrogens (tertiary/aromatic N) is 3. The fraction of sp³-hybridized carbons (Fsp3) is 0.769. The minimum absolute atomic E-state index is 0.223. The van der Waals surface area contributed by atoms with Crippen LogP contribution in [0, 0.1) is 38.9 Å². The van der Waals surface area contributed by atoms with Crippen LogP contribution < -0.4 is 5.73 Å². The Balaban J connectivity index is 1.99. The summed E-state index contributed by atoms with van der Waals surface area (Å²) >= 11 is 0. The number of nitrogens with two attached hydrogens (primary N) is 1. The first-order chi connectivity index (χ1) is 9.16. The van der Waals surface area contributed by atoms with Crippen molar-refractivity contribution in [2.24, 2.45) is 27.0 Å². The number of hydrogen-bond donors (Lipinski definition) is 1. The first-order valence-electron chi connectivity index (χ1n) is 6.63. The predicted octanol–water partition coefficient (Wildman–Crippen LogP) is 0.652. The van der Waals surface area contributed by atoms with Gasteiger partial charge < -0.3 is 15.2 Å². The lowest BCUT2D eigenvalue weighted by Gasteiger charge is -2.28. The summed E-state index contributed by atoms with van der Waals surface area (Å²) in [5, 5.41) is 19.6. The molecule has 1 saturated heterocycles. The average Bonchev–Trinajstić information content (AvgIpc) is 2.89. The van der Waals surface area contributed by atoms with Crippen LogP contribution in [0.2, 0.25) is 0 Å². The number of nitriles is 2. The Hall–Kier alpha value is -1.63. The standard InChI is InChI=1S/C13H14N4O2/c14-7-11-9(16)17-13(18-5-6-19-13)12(11,8-15)10(11)3-1-2-4-10/h1-6H2,(H2,16,17)/t11-,12+/m1/s1. The Morgan fingerprint density at radius 3 is 2.26 bits per heavy atom. The third-order valence-electron chi connectivity index (χ3n) is 5.53. The van der Waals surface area contributed by atoms with Gasteiger partial charge in [0.2, 0.25) is 0 Å². The molecule has 2 aliphatic heterocycles. The van der Waals surface area contributed by atoms with E-state index in [0.29, 0.717) is 13.2 Å². The Morgan fingerprint density at radius 1 is 1.11 bits per heavy atom. The highest BCUT2D eigenvalue weighted by Gasteiger charge is 3.00. The minimum Gasteiger partial charge on any atom is -0.386 e. The smallest absolute Gasteiger partial charge is 0.293 e. The zero-order valence-corrected chi connectivity index (χ0v) is 10.5. The lowest BCUT2D eigenvalue weighted by Crippen LogP contribution is -2.41. The molecule has 2 spiro atoms. The fourth-order valence-corrected chi connectivity index (χ4v) is 4.92. The molecule has 0 bridgehead atoms. The van der Waals surface area contributed by atoms with Gasteiger partial charge in [-0.15, -0.1) is 0 Å². The highest BCUT2D eigenvalue weighted by Crippen LogP contribution is 2.89. The van der Waals surface area contributed by atoms with Crippen molar-refractivity contribution >= 4 is 5.84 Å². The highest BCUT2D eigenvalue weighted by molar-refractivity contribution is 6.00. The van der Waals surface area contributed by atoms with E-state index in [1.165, 1.54) is 0 Å². The minimum atomic E-state index is -1.34. The zero-order valence-electron chi connectivity index (χ0n) is 10.5. The number of hydrogen-bond acceptors (Lipinski definition) is 6. The van der Waals surface area contributed by atoms with Gasteiger partial charge in [-0.3, -0.25) is 0 Å². The van der Waals surface area contributed by atoms with E-state index in [4.69, 9.17) is 15.2 Å². The lowest BCUT2D eigenvalue weighted by molar-refractivity contribution is -0.192. The molecule has 0 radical (unpaired) electrons. The van der Waals surface area contributed by atoms with Crippen LogP contribution in [0.5, 0.6) is 0 Å². The maximum Gasteiger partial charge on any atom is 0.293 e. The molecule has 6 nitrogen and oxygen atoms in total. The van der Waals surface area contributed by atoms with E-state index in [0.717, 1.165) is 25.7 Å². The van der Waals surface area contributed by atoms with Gasteiger partial charge in [0, 0.05) is 5.41 Å². The van der Waals surface area contributed by atoms with Crippen molar-refractivity contribution in [3.63, 3.8) is 0 Å². The quantitative estimate of drug-likeness (QED) is 0.687. The summed E-state index contributed by atoms with van der Waals surface area (Å²) in [5.74, 6) is -1.12. The SMILES string of the molecule is N#C[C@@]12C3(N=C(N)[C@]1(C#N)C21CCCC1)OCCO3. The van der Waals surface area contributed by atoms with Crippen LogP contribution in [-0.2, 0) is 9.47 Å². The molecule has 0 aromatic heterocycles. The number of fused-ring (bicyclic) bond motifs is 4. The van der Waals surface area contributed by atoms with Gasteiger partial charge in [-0.25, -0.2) is 4.99 Å². The monoisotopic (exact) mass is 258 g/mol.